The summed E-state index contributed by atoms with van der Waals surface area (Å²) in [7, 11) is -1.47. The van der Waals surface area contributed by atoms with Gasteiger partial charge in [-0.15, -0.1) is 11.3 Å². The van der Waals surface area contributed by atoms with Crippen LogP contribution in [-0.2, 0) is 0 Å². The van der Waals surface area contributed by atoms with E-state index in [2.05, 4.69) is 53.8 Å². The molecule has 0 spiro atoms. The predicted molar refractivity (Wildman–Crippen MR) is 125 cm³/mol. The molecular formula is C24H20BNO2S. The summed E-state index contributed by atoms with van der Waals surface area (Å²) in [6, 6.07) is 33.8. The first-order chi connectivity index (χ1) is 14.2. The van der Waals surface area contributed by atoms with Crippen LogP contribution >= 0.6 is 11.3 Å². The first kappa shape index (κ1) is 19.2. The molecule has 1 heterocycles. The number of nitrogens with one attached hydrogen (secondary N) is 1. The zero-order valence-electron chi connectivity index (χ0n) is 15.7. The molecule has 0 saturated carbocycles. The Hall–Kier alpha value is -3.12. The van der Waals surface area contributed by atoms with Crippen LogP contribution in [0.15, 0.2) is 103 Å². The van der Waals surface area contributed by atoms with E-state index < -0.39 is 7.12 Å². The highest BCUT2D eigenvalue weighted by molar-refractivity contribution is 7.25. The third-order valence-electron chi connectivity index (χ3n) is 4.58. The topological polar surface area (TPSA) is 52.5 Å². The van der Waals surface area contributed by atoms with Crippen LogP contribution in [0.5, 0.6) is 0 Å². The molecule has 0 unspecified atom stereocenters. The van der Waals surface area contributed by atoms with Gasteiger partial charge in [-0.3, -0.25) is 0 Å². The molecule has 0 bridgehead atoms. The van der Waals surface area contributed by atoms with Crippen LogP contribution in [0.25, 0.3) is 20.2 Å². The van der Waals surface area contributed by atoms with Crippen molar-refractivity contribution in [1.29, 1.82) is 0 Å². The summed E-state index contributed by atoms with van der Waals surface area (Å²) in [5.74, 6) is 0. The van der Waals surface area contributed by atoms with E-state index in [0.717, 1.165) is 5.69 Å². The number of thiophene rings is 1. The van der Waals surface area contributed by atoms with Gasteiger partial charge in [0.05, 0.1) is 0 Å². The number of hydrogen-bond donors (Lipinski definition) is 3. The van der Waals surface area contributed by atoms with Crippen LogP contribution in [0.2, 0.25) is 0 Å². The van der Waals surface area contributed by atoms with E-state index in [1.165, 1.54) is 20.2 Å². The Bertz CT molecular complexity index is 1170. The molecule has 0 radical (unpaired) electrons. The second kappa shape index (κ2) is 8.92. The molecule has 5 heteroatoms. The monoisotopic (exact) mass is 397 g/mol. The maximum atomic E-state index is 9.20. The number of para-hydroxylation sites is 2. The van der Waals surface area contributed by atoms with E-state index in [1.807, 2.05) is 53.8 Å². The van der Waals surface area contributed by atoms with Crippen molar-refractivity contribution < 1.29 is 10.0 Å². The average molecular weight is 397 g/mol. The summed E-state index contributed by atoms with van der Waals surface area (Å²) in [5.41, 5.74) is 2.07. The van der Waals surface area contributed by atoms with Gasteiger partial charge >= 0.3 is 7.12 Å². The largest absolute Gasteiger partial charge is 0.490 e. The fraction of sp³-hybridized carbons (Fsp3) is 0. The van der Waals surface area contributed by atoms with E-state index in [-0.39, 0.29) is 0 Å². The quantitative estimate of drug-likeness (QED) is 0.369. The maximum absolute atomic E-state index is 9.20. The lowest BCUT2D eigenvalue weighted by molar-refractivity contribution is 0.426. The fourth-order valence-corrected chi connectivity index (χ4v) is 4.29. The SMILES string of the molecule is OB(O)c1ccccc1Nc1ccccc1.c1ccc2c(c1)sc1ccccc12. The molecule has 0 aliphatic carbocycles. The molecule has 5 aromatic rings. The summed E-state index contributed by atoms with van der Waals surface area (Å²) in [4.78, 5) is 0. The molecule has 0 atom stereocenters. The molecule has 29 heavy (non-hydrogen) atoms. The Kier molecular flexibility index (Phi) is 5.91. The van der Waals surface area contributed by atoms with Gasteiger partial charge in [0.2, 0.25) is 0 Å². The number of anilines is 2. The number of benzene rings is 4. The molecule has 3 N–H and O–H groups in total. The molecule has 142 valence electrons. The lowest BCUT2D eigenvalue weighted by atomic mass is 9.79. The van der Waals surface area contributed by atoms with E-state index in [9.17, 15) is 10.0 Å². The van der Waals surface area contributed by atoms with Gasteiger partial charge in [-0.05, 0) is 30.3 Å². The Morgan fingerprint density at radius 1 is 0.586 bits per heavy atom. The number of rotatable bonds is 3. The second-order valence-electron chi connectivity index (χ2n) is 6.55. The molecule has 0 aliphatic heterocycles. The van der Waals surface area contributed by atoms with Crippen LogP contribution in [0, 0.1) is 0 Å². The van der Waals surface area contributed by atoms with Gasteiger partial charge in [-0.1, -0.05) is 72.8 Å². The lowest BCUT2D eigenvalue weighted by Crippen LogP contribution is -2.31. The highest BCUT2D eigenvalue weighted by atomic mass is 32.1. The Morgan fingerprint density at radius 2 is 1.10 bits per heavy atom. The van der Waals surface area contributed by atoms with Crippen molar-refractivity contribution in [2.45, 2.75) is 0 Å². The van der Waals surface area contributed by atoms with Crippen LogP contribution in [-0.4, -0.2) is 17.2 Å². The van der Waals surface area contributed by atoms with Gasteiger partial charge in [0.1, 0.15) is 0 Å². The smallest absolute Gasteiger partial charge is 0.423 e. The molecule has 1 aromatic heterocycles. The first-order valence-electron chi connectivity index (χ1n) is 9.36. The molecule has 0 fully saturated rings. The van der Waals surface area contributed by atoms with Crippen molar-refractivity contribution in [3.8, 4) is 0 Å². The minimum Gasteiger partial charge on any atom is -0.423 e. The zero-order valence-corrected chi connectivity index (χ0v) is 16.5. The molecular weight excluding hydrogens is 377 g/mol. The molecule has 0 amide bonds. The zero-order chi connectivity index (χ0) is 20.1. The minimum absolute atomic E-state index is 0.464. The predicted octanol–water partition coefficient (Wildman–Crippen LogP) is 5.16. The van der Waals surface area contributed by atoms with E-state index in [4.69, 9.17) is 0 Å². The normalized spacial score (nSPS) is 10.4. The van der Waals surface area contributed by atoms with Crippen molar-refractivity contribution >= 4 is 55.5 Å². The molecule has 0 aliphatic rings. The number of hydrogen-bond acceptors (Lipinski definition) is 4. The average Bonchev–Trinajstić information content (AvgIpc) is 3.14. The van der Waals surface area contributed by atoms with Gasteiger partial charge in [0.25, 0.3) is 0 Å². The Balaban J connectivity index is 0.000000144. The van der Waals surface area contributed by atoms with Crippen LogP contribution in [0.3, 0.4) is 0 Å². The Morgan fingerprint density at radius 3 is 1.72 bits per heavy atom. The second-order valence-corrected chi connectivity index (χ2v) is 7.63. The summed E-state index contributed by atoms with van der Waals surface area (Å²) in [5, 5.41) is 24.3. The number of fused-ring (bicyclic) bond motifs is 3. The van der Waals surface area contributed by atoms with Crippen molar-refractivity contribution in [3.05, 3.63) is 103 Å². The highest BCUT2D eigenvalue weighted by Gasteiger charge is 2.14. The van der Waals surface area contributed by atoms with Crippen LogP contribution in [0.4, 0.5) is 11.4 Å². The highest BCUT2D eigenvalue weighted by Crippen LogP contribution is 2.32. The lowest BCUT2D eigenvalue weighted by Gasteiger charge is -2.11. The van der Waals surface area contributed by atoms with Crippen molar-refractivity contribution in [3.63, 3.8) is 0 Å². The van der Waals surface area contributed by atoms with Crippen molar-refractivity contribution in [1.82, 2.24) is 0 Å². The van der Waals surface area contributed by atoms with E-state index in [0.29, 0.717) is 11.2 Å². The van der Waals surface area contributed by atoms with Gasteiger partial charge in [-0.2, -0.15) is 0 Å². The summed E-state index contributed by atoms with van der Waals surface area (Å²) in [6.45, 7) is 0. The third kappa shape index (κ3) is 4.49. The molecule has 3 nitrogen and oxygen atoms in total. The van der Waals surface area contributed by atoms with Crippen LogP contribution < -0.4 is 10.8 Å². The van der Waals surface area contributed by atoms with Gasteiger partial charge in [0.15, 0.2) is 0 Å². The molecule has 0 saturated heterocycles. The fourth-order valence-electron chi connectivity index (χ4n) is 3.19. The van der Waals surface area contributed by atoms with Crippen molar-refractivity contribution in [2.24, 2.45) is 0 Å². The molecule has 5 rings (SSSR count). The summed E-state index contributed by atoms with van der Waals surface area (Å²) in [6.07, 6.45) is 0. The third-order valence-corrected chi connectivity index (χ3v) is 5.73. The summed E-state index contributed by atoms with van der Waals surface area (Å²) >= 11 is 1.86. The van der Waals surface area contributed by atoms with Crippen molar-refractivity contribution in [2.75, 3.05) is 5.32 Å². The maximum Gasteiger partial charge on any atom is 0.490 e. The van der Waals surface area contributed by atoms with E-state index in [1.54, 1.807) is 12.1 Å². The van der Waals surface area contributed by atoms with E-state index >= 15 is 0 Å². The van der Waals surface area contributed by atoms with Gasteiger partial charge in [0, 0.05) is 37.0 Å². The molecule has 4 aromatic carbocycles. The van der Waals surface area contributed by atoms with Gasteiger partial charge in [-0.25, -0.2) is 0 Å². The van der Waals surface area contributed by atoms with Gasteiger partial charge < -0.3 is 15.4 Å². The minimum atomic E-state index is -1.47. The summed E-state index contributed by atoms with van der Waals surface area (Å²) < 4.78 is 2.76. The Labute approximate surface area is 174 Å². The first-order valence-corrected chi connectivity index (χ1v) is 10.2. The standard InChI is InChI=1S/C12H12BNO2.C12H8S/c15-13(16)11-8-4-5-9-12(11)14-10-6-2-1-3-7-10;1-3-7-11-9(5-1)10-6-2-4-8-12(10)13-11/h1-9,14-16H;1-8H. The van der Waals surface area contributed by atoms with Crippen LogP contribution in [0.1, 0.15) is 0 Å².